The molecule has 0 saturated carbocycles. The average Bonchev–Trinajstić information content (AvgIpc) is 3.36. The van der Waals surface area contributed by atoms with E-state index in [4.69, 9.17) is 0 Å². The third-order valence-corrected chi connectivity index (χ3v) is 5.64. The van der Waals surface area contributed by atoms with Crippen LogP contribution in [0.4, 0.5) is 5.69 Å². The summed E-state index contributed by atoms with van der Waals surface area (Å²) in [4.78, 5) is 23.1. The van der Waals surface area contributed by atoms with Crippen LogP contribution in [-0.4, -0.2) is 30.1 Å². The number of carbonyl (C=O) groups is 1. The summed E-state index contributed by atoms with van der Waals surface area (Å²) in [6.45, 7) is 3.77. The number of thiazole rings is 1. The van der Waals surface area contributed by atoms with E-state index in [1.165, 1.54) is 0 Å². The fourth-order valence-corrected chi connectivity index (χ4v) is 4.24. The number of fused-ring (bicyclic) bond motifs is 2. The summed E-state index contributed by atoms with van der Waals surface area (Å²) in [6, 6.07) is 9.51. The monoisotopic (exact) mass is 402 g/mol. The van der Waals surface area contributed by atoms with Crippen molar-refractivity contribution >= 4 is 38.9 Å². The van der Waals surface area contributed by atoms with Crippen LogP contribution in [0.25, 0.3) is 27.3 Å². The zero-order valence-electron chi connectivity index (χ0n) is 16.2. The molecule has 0 unspecified atom stereocenters. The Morgan fingerprint density at radius 2 is 1.93 bits per heavy atom. The number of hydrogen-bond acceptors (Lipinski definition) is 5. The zero-order chi connectivity index (χ0) is 20.1. The fourth-order valence-electron chi connectivity index (χ4n) is 3.54. The van der Waals surface area contributed by atoms with E-state index in [9.17, 15) is 4.79 Å². The number of aryl methyl sites for hydroxylation is 3. The summed E-state index contributed by atoms with van der Waals surface area (Å²) < 4.78 is 3.71. The molecule has 0 spiro atoms. The minimum Gasteiger partial charge on any atom is -0.322 e. The average molecular weight is 402 g/mol. The van der Waals surface area contributed by atoms with Gasteiger partial charge < -0.3 is 5.32 Å². The molecular formula is C21H18N6OS. The van der Waals surface area contributed by atoms with E-state index >= 15 is 0 Å². The number of pyridine rings is 1. The third-order valence-electron chi connectivity index (χ3n) is 4.87. The van der Waals surface area contributed by atoms with E-state index in [1.807, 2.05) is 67.3 Å². The standard InChI is InChI=1S/C21H18N6OS/c1-12-10-16(18-13(2)25-26(3)19(18)22-12)20(28)23-15-6-4-14(5-7-15)17-11-27-8-9-29-21(27)24-17/h4-11H,1-3H3,(H,23,28). The summed E-state index contributed by atoms with van der Waals surface area (Å²) in [7, 11) is 1.84. The Balaban J connectivity index is 1.44. The van der Waals surface area contributed by atoms with Crippen LogP contribution in [0.15, 0.2) is 48.1 Å². The molecule has 0 saturated heterocycles. The van der Waals surface area contributed by atoms with Crippen molar-refractivity contribution in [1.29, 1.82) is 0 Å². The smallest absolute Gasteiger partial charge is 0.256 e. The maximum atomic E-state index is 13.0. The van der Waals surface area contributed by atoms with Crippen LogP contribution in [0.1, 0.15) is 21.7 Å². The highest BCUT2D eigenvalue weighted by molar-refractivity contribution is 7.15. The first-order valence-corrected chi connectivity index (χ1v) is 10.0. The molecular weight excluding hydrogens is 384 g/mol. The molecule has 0 aliphatic carbocycles. The Morgan fingerprint density at radius 1 is 1.14 bits per heavy atom. The highest BCUT2D eigenvalue weighted by Gasteiger charge is 2.18. The summed E-state index contributed by atoms with van der Waals surface area (Å²) in [5.74, 6) is -0.174. The molecule has 29 heavy (non-hydrogen) atoms. The maximum absolute atomic E-state index is 13.0. The summed E-state index contributed by atoms with van der Waals surface area (Å²) in [6.07, 6.45) is 3.99. The molecule has 4 heterocycles. The number of rotatable bonds is 3. The summed E-state index contributed by atoms with van der Waals surface area (Å²) in [5, 5.41) is 10.2. The lowest BCUT2D eigenvalue weighted by Crippen LogP contribution is -2.13. The SMILES string of the molecule is Cc1cc(C(=O)Nc2ccc(-c3cn4ccsc4n3)cc2)c2c(C)nn(C)c2n1. The molecule has 4 aromatic heterocycles. The number of nitrogens with one attached hydrogen (secondary N) is 1. The molecule has 0 aliphatic rings. The van der Waals surface area contributed by atoms with Crippen molar-refractivity contribution in [2.75, 3.05) is 5.32 Å². The van der Waals surface area contributed by atoms with Crippen LogP contribution in [0.2, 0.25) is 0 Å². The van der Waals surface area contributed by atoms with Crippen LogP contribution >= 0.6 is 11.3 Å². The van der Waals surface area contributed by atoms with Gasteiger partial charge in [-0.15, -0.1) is 11.3 Å². The number of aromatic nitrogens is 5. The van der Waals surface area contributed by atoms with Crippen LogP contribution in [-0.2, 0) is 7.05 Å². The van der Waals surface area contributed by atoms with Crippen molar-refractivity contribution in [2.45, 2.75) is 13.8 Å². The number of imidazole rings is 1. The van der Waals surface area contributed by atoms with Gasteiger partial charge in [0.1, 0.15) is 0 Å². The maximum Gasteiger partial charge on any atom is 0.256 e. The number of hydrogen-bond donors (Lipinski definition) is 1. The predicted molar refractivity (Wildman–Crippen MR) is 114 cm³/mol. The van der Waals surface area contributed by atoms with Gasteiger partial charge in [0.05, 0.1) is 22.3 Å². The molecule has 1 aromatic carbocycles. The van der Waals surface area contributed by atoms with Crippen LogP contribution < -0.4 is 5.32 Å². The zero-order valence-corrected chi connectivity index (χ0v) is 17.0. The van der Waals surface area contributed by atoms with Crippen molar-refractivity contribution in [3.8, 4) is 11.3 Å². The third kappa shape index (κ3) is 2.98. The molecule has 144 valence electrons. The highest BCUT2D eigenvalue weighted by Crippen LogP contribution is 2.25. The summed E-state index contributed by atoms with van der Waals surface area (Å²) >= 11 is 1.60. The number of benzene rings is 1. The van der Waals surface area contributed by atoms with E-state index < -0.39 is 0 Å². The van der Waals surface area contributed by atoms with E-state index in [-0.39, 0.29) is 5.91 Å². The van der Waals surface area contributed by atoms with Gasteiger partial charge in [-0.25, -0.2) is 9.97 Å². The fraction of sp³-hybridized carbons (Fsp3) is 0.143. The predicted octanol–water partition coefficient (Wildman–Crippen LogP) is 4.21. The lowest BCUT2D eigenvalue weighted by molar-refractivity contribution is 0.102. The minimum absolute atomic E-state index is 0.174. The number of carbonyl (C=O) groups excluding carboxylic acids is 1. The highest BCUT2D eigenvalue weighted by atomic mass is 32.1. The molecule has 0 fully saturated rings. The first-order chi connectivity index (χ1) is 14.0. The van der Waals surface area contributed by atoms with Crippen LogP contribution in [0.3, 0.4) is 0 Å². The lowest BCUT2D eigenvalue weighted by Gasteiger charge is -2.08. The molecule has 1 amide bonds. The number of nitrogens with zero attached hydrogens (tertiary/aromatic N) is 5. The van der Waals surface area contributed by atoms with E-state index in [2.05, 4.69) is 20.4 Å². The second-order valence-corrected chi connectivity index (χ2v) is 7.84. The summed E-state index contributed by atoms with van der Waals surface area (Å²) in [5.41, 5.74) is 5.50. The van der Waals surface area contributed by atoms with Gasteiger partial charge in [0.25, 0.3) is 5.91 Å². The largest absolute Gasteiger partial charge is 0.322 e. The Hall–Kier alpha value is -3.52. The van der Waals surface area contributed by atoms with Gasteiger partial charge >= 0.3 is 0 Å². The van der Waals surface area contributed by atoms with Gasteiger partial charge in [-0.1, -0.05) is 12.1 Å². The Labute approximate surface area is 170 Å². The normalized spacial score (nSPS) is 11.4. The Kier molecular flexibility index (Phi) is 3.95. The van der Waals surface area contributed by atoms with Gasteiger partial charge in [-0.3, -0.25) is 13.9 Å². The lowest BCUT2D eigenvalue weighted by atomic mass is 10.1. The first kappa shape index (κ1) is 17.6. The number of anilines is 1. The van der Waals surface area contributed by atoms with Gasteiger partial charge in [-0.2, -0.15) is 5.10 Å². The van der Waals surface area contributed by atoms with Crippen molar-refractivity contribution in [3.05, 3.63) is 65.1 Å². The van der Waals surface area contributed by atoms with Gasteiger partial charge in [0, 0.05) is 41.8 Å². The quantitative estimate of drug-likeness (QED) is 0.490. The van der Waals surface area contributed by atoms with E-state index in [0.717, 1.165) is 38.7 Å². The molecule has 5 rings (SSSR count). The second kappa shape index (κ2) is 6.52. The molecule has 0 radical (unpaired) electrons. The van der Waals surface area contributed by atoms with Crippen molar-refractivity contribution in [1.82, 2.24) is 24.1 Å². The Morgan fingerprint density at radius 3 is 2.69 bits per heavy atom. The minimum atomic E-state index is -0.174. The first-order valence-electron chi connectivity index (χ1n) is 9.14. The molecule has 1 N–H and O–H groups in total. The van der Waals surface area contributed by atoms with Gasteiger partial charge in [0.2, 0.25) is 0 Å². The van der Waals surface area contributed by atoms with E-state index in [0.29, 0.717) is 11.2 Å². The molecule has 8 heteroatoms. The van der Waals surface area contributed by atoms with Gasteiger partial charge in [0.15, 0.2) is 10.6 Å². The topological polar surface area (TPSA) is 77.1 Å². The second-order valence-electron chi connectivity index (χ2n) is 6.97. The number of amides is 1. The van der Waals surface area contributed by atoms with E-state index in [1.54, 1.807) is 22.1 Å². The van der Waals surface area contributed by atoms with Gasteiger partial charge in [-0.05, 0) is 32.0 Å². The Bertz CT molecular complexity index is 1350. The molecule has 0 atom stereocenters. The van der Waals surface area contributed by atoms with Crippen molar-refractivity contribution in [3.63, 3.8) is 0 Å². The van der Waals surface area contributed by atoms with Crippen LogP contribution in [0, 0.1) is 13.8 Å². The van der Waals surface area contributed by atoms with Crippen LogP contribution in [0.5, 0.6) is 0 Å². The van der Waals surface area contributed by atoms with Crippen molar-refractivity contribution in [2.24, 2.45) is 7.05 Å². The molecule has 0 aliphatic heterocycles. The molecule has 7 nitrogen and oxygen atoms in total. The molecule has 0 bridgehead atoms. The molecule has 5 aromatic rings. The van der Waals surface area contributed by atoms with Crippen molar-refractivity contribution < 1.29 is 4.79 Å².